The van der Waals surface area contributed by atoms with Gasteiger partial charge in [-0.1, -0.05) is 15.9 Å². The highest BCUT2D eigenvalue weighted by molar-refractivity contribution is 9.10. The van der Waals surface area contributed by atoms with E-state index in [4.69, 9.17) is 4.74 Å². The van der Waals surface area contributed by atoms with Gasteiger partial charge < -0.3 is 9.84 Å². The van der Waals surface area contributed by atoms with Crippen molar-refractivity contribution in [3.63, 3.8) is 0 Å². The van der Waals surface area contributed by atoms with Crippen LogP contribution in [-0.2, 0) is 0 Å². The van der Waals surface area contributed by atoms with E-state index in [1.165, 1.54) is 0 Å². The lowest BCUT2D eigenvalue weighted by Crippen LogP contribution is -1.88. The molecule has 3 aromatic rings. The van der Waals surface area contributed by atoms with Crippen LogP contribution in [0.15, 0.2) is 59.1 Å². The molecule has 0 aliphatic carbocycles. The average Bonchev–Trinajstić information content (AvgIpc) is 2.42. The zero-order chi connectivity index (χ0) is 13.2. The summed E-state index contributed by atoms with van der Waals surface area (Å²) in [6.07, 6.45) is 0. The Morgan fingerprint density at radius 3 is 2.53 bits per heavy atom. The number of aromatic nitrogens is 1. The fourth-order valence-corrected chi connectivity index (χ4v) is 2.15. The number of fused-ring (bicyclic) bond motifs is 1. The molecule has 0 atom stereocenters. The predicted molar refractivity (Wildman–Crippen MR) is 77.6 cm³/mol. The molecule has 94 valence electrons. The molecule has 3 nitrogen and oxygen atoms in total. The van der Waals surface area contributed by atoms with Gasteiger partial charge in [-0.3, -0.25) is 0 Å². The molecule has 2 aromatic carbocycles. The highest BCUT2D eigenvalue weighted by Gasteiger charge is 2.02. The minimum atomic E-state index is 0.212. The molecule has 0 aliphatic rings. The molecule has 0 bridgehead atoms. The standard InChI is InChI=1S/C15H10BrNO2/c16-11-2-7-14-10(9-11)1-8-15(17-14)19-13-5-3-12(18)4-6-13/h1-9,18H. The van der Waals surface area contributed by atoms with Gasteiger partial charge in [0.15, 0.2) is 0 Å². The third-order valence-corrected chi connectivity index (χ3v) is 3.18. The Morgan fingerprint density at radius 2 is 1.74 bits per heavy atom. The monoisotopic (exact) mass is 315 g/mol. The van der Waals surface area contributed by atoms with Crippen LogP contribution in [0.3, 0.4) is 0 Å². The summed E-state index contributed by atoms with van der Waals surface area (Å²) >= 11 is 3.43. The molecule has 0 amide bonds. The van der Waals surface area contributed by atoms with Crippen LogP contribution in [0.2, 0.25) is 0 Å². The predicted octanol–water partition coefficient (Wildman–Crippen LogP) is 4.50. The summed E-state index contributed by atoms with van der Waals surface area (Å²) in [5.74, 6) is 1.38. The van der Waals surface area contributed by atoms with Crippen molar-refractivity contribution in [3.05, 3.63) is 59.1 Å². The topological polar surface area (TPSA) is 42.4 Å². The number of nitrogens with zero attached hydrogens (tertiary/aromatic N) is 1. The average molecular weight is 316 g/mol. The first-order valence-electron chi connectivity index (χ1n) is 5.74. The van der Waals surface area contributed by atoms with Crippen molar-refractivity contribution in [2.24, 2.45) is 0 Å². The van der Waals surface area contributed by atoms with E-state index >= 15 is 0 Å². The van der Waals surface area contributed by atoms with Gasteiger partial charge in [-0.05, 0) is 48.5 Å². The first-order valence-corrected chi connectivity index (χ1v) is 6.53. The van der Waals surface area contributed by atoms with Crippen LogP contribution in [0.4, 0.5) is 0 Å². The van der Waals surface area contributed by atoms with Gasteiger partial charge in [0.05, 0.1) is 5.52 Å². The van der Waals surface area contributed by atoms with E-state index in [9.17, 15) is 5.11 Å². The Balaban J connectivity index is 1.93. The second-order valence-electron chi connectivity index (χ2n) is 4.08. The van der Waals surface area contributed by atoms with E-state index in [0.29, 0.717) is 11.6 Å². The number of phenols is 1. The van der Waals surface area contributed by atoms with E-state index in [-0.39, 0.29) is 5.75 Å². The van der Waals surface area contributed by atoms with Crippen LogP contribution in [-0.4, -0.2) is 10.1 Å². The Hall–Kier alpha value is -2.07. The summed E-state index contributed by atoms with van der Waals surface area (Å²) in [6.45, 7) is 0. The molecule has 0 spiro atoms. The van der Waals surface area contributed by atoms with Gasteiger partial charge in [0.25, 0.3) is 0 Å². The minimum Gasteiger partial charge on any atom is -0.508 e. The summed E-state index contributed by atoms with van der Waals surface area (Å²) in [5, 5.41) is 10.3. The Morgan fingerprint density at radius 1 is 0.947 bits per heavy atom. The highest BCUT2D eigenvalue weighted by Crippen LogP contribution is 2.25. The molecule has 0 unspecified atom stereocenters. The lowest BCUT2D eigenvalue weighted by molar-refractivity contribution is 0.455. The molecule has 1 N–H and O–H groups in total. The Labute approximate surface area is 118 Å². The smallest absolute Gasteiger partial charge is 0.219 e. The lowest BCUT2D eigenvalue weighted by Gasteiger charge is -2.06. The highest BCUT2D eigenvalue weighted by atomic mass is 79.9. The van der Waals surface area contributed by atoms with Crippen LogP contribution in [0, 0.1) is 0 Å². The number of hydrogen-bond acceptors (Lipinski definition) is 3. The molecule has 3 rings (SSSR count). The van der Waals surface area contributed by atoms with Crippen molar-refractivity contribution in [1.82, 2.24) is 4.98 Å². The van der Waals surface area contributed by atoms with Crippen molar-refractivity contribution in [1.29, 1.82) is 0 Å². The van der Waals surface area contributed by atoms with Crippen molar-refractivity contribution in [3.8, 4) is 17.4 Å². The van der Waals surface area contributed by atoms with Crippen LogP contribution >= 0.6 is 15.9 Å². The van der Waals surface area contributed by atoms with Gasteiger partial charge in [-0.25, -0.2) is 4.98 Å². The molecule has 4 heteroatoms. The van der Waals surface area contributed by atoms with Gasteiger partial charge in [-0.2, -0.15) is 0 Å². The second-order valence-corrected chi connectivity index (χ2v) is 5.00. The summed E-state index contributed by atoms with van der Waals surface area (Å²) in [6, 6.07) is 16.2. The molecule has 0 saturated heterocycles. The van der Waals surface area contributed by atoms with Crippen LogP contribution in [0.1, 0.15) is 0 Å². The number of benzene rings is 2. The fraction of sp³-hybridized carbons (Fsp3) is 0. The quantitative estimate of drug-likeness (QED) is 0.757. The molecule has 1 aromatic heterocycles. The van der Waals surface area contributed by atoms with E-state index in [0.717, 1.165) is 15.4 Å². The number of rotatable bonds is 2. The Bertz CT molecular complexity index is 726. The second kappa shape index (κ2) is 4.90. The lowest BCUT2D eigenvalue weighted by atomic mass is 10.2. The molecular weight excluding hydrogens is 306 g/mol. The van der Waals surface area contributed by atoms with Crippen molar-refractivity contribution in [2.75, 3.05) is 0 Å². The van der Waals surface area contributed by atoms with E-state index in [1.807, 2.05) is 30.3 Å². The summed E-state index contributed by atoms with van der Waals surface area (Å²) in [7, 11) is 0. The molecule has 19 heavy (non-hydrogen) atoms. The first-order chi connectivity index (χ1) is 9.20. The number of halogens is 1. The van der Waals surface area contributed by atoms with Crippen molar-refractivity contribution in [2.45, 2.75) is 0 Å². The van der Waals surface area contributed by atoms with E-state index < -0.39 is 0 Å². The van der Waals surface area contributed by atoms with Gasteiger partial charge in [0.1, 0.15) is 11.5 Å². The normalized spacial score (nSPS) is 10.6. The summed E-state index contributed by atoms with van der Waals surface area (Å²) in [5.41, 5.74) is 0.875. The van der Waals surface area contributed by atoms with Crippen LogP contribution < -0.4 is 4.74 Å². The Kier molecular flexibility index (Phi) is 3.09. The summed E-state index contributed by atoms with van der Waals surface area (Å²) < 4.78 is 6.66. The molecule has 0 saturated carbocycles. The molecule has 0 radical (unpaired) electrons. The summed E-state index contributed by atoms with van der Waals surface area (Å²) in [4.78, 5) is 4.43. The van der Waals surface area contributed by atoms with E-state index in [2.05, 4.69) is 20.9 Å². The molecule has 1 heterocycles. The molecule has 0 aliphatic heterocycles. The van der Waals surface area contributed by atoms with Crippen molar-refractivity contribution < 1.29 is 9.84 Å². The molecular formula is C15H10BrNO2. The third kappa shape index (κ3) is 2.69. The van der Waals surface area contributed by atoms with Crippen LogP contribution in [0.25, 0.3) is 10.9 Å². The number of pyridine rings is 1. The number of aromatic hydroxyl groups is 1. The van der Waals surface area contributed by atoms with Crippen LogP contribution in [0.5, 0.6) is 17.4 Å². The SMILES string of the molecule is Oc1ccc(Oc2ccc3cc(Br)ccc3n2)cc1. The largest absolute Gasteiger partial charge is 0.508 e. The maximum absolute atomic E-state index is 9.21. The third-order valence-electron chi connectivity index (χ3n) is 2.68. The van der Waals surface area contributed by atoms with Gasteiger partial charge >= 0.3 is 0 Å². The van der Waals surface area contributed by atoms with Crippen molar-refractivity contribution >= 4 is 26.8 Å². The number of ether oxygens (including phenoxy) is 1. The number of phenolic OH excluding ortho intramolecular Hbond substituents is 1. The zero-order valence-corrected chi connectivity index (χ0v) is 11.5. The number of hydrogen-bond donors (Lipinski definition) is 1. The van der Waals surface area contributed by atoms with Gasteiger partial charge in [-0.15, -0.1) is 0 Å². The fourth-order valence-electron chi connectivity index (χ4n) is 1.77. The zero-order valence-electron chi connectivity index (χ0n) is 9.88. The first kappa shape index (κ1) is 12.0. The van der Waals surface area contributed by atoms with Gasteiger partial charge in [0, 0.05) is 15.9 Å². The van der Waals surface area contributed by atoms with Gasteiger partial charge in [0.2, 0.25) is 5.88 Å². The maximum Gasteiger partial charge on any atom is 0.219 e. The maximum atomic E-state index is 9.21. The van der Waals surface area contributed by atoms with E-state index in [1.54, 1.807) is 24.3 Å². The molecule has 0 fully saturated rings. The minimum absolute atomic E-state index is 0.212.